The lowest BCUT2D eigenvalue weighted by molar-refractivity contribution is -0.137. The molecule has 2 atom stereocenters. The zero-order valence-electron chi connectivity index (χ0n) is 10.3. The van der Waals surface area contributed by atoms with Crippen molar-refractivity contribution < 1.29 is 18.3 Å². The van der Waals surface area contributed by atoms with E-state index in [0.29, 0.717) is 13.1 Å². The van der Waals surface area contributed by atoms with Crippen molar-refractivity contribution in [2.24, 2.45) is 5.92 Å². The molecule has 1 fully saturated rings. The number of hydrogen-bond donors (Lipinski definition) is 1. The summed E-state index contributed by atoms with van der Waals surface area (Å²) in [5.41, 5.74) is -0.803. The second-order valence-corrected chi connectivity index (χ2v) is 5.16. The third-order valence-electron chi connectivity index (χ3n) is 3.34. The standard InChI is InChI=1S/C12H14ClF3N2O/c1-7(19)8-2-3-18(6-8)11-5-9(12(14,15)16)4-10(13)17-11/h4-5,7-8,19H,2-3,6H2,1H3. The molecule has 1 N–H and O–H groups in total. The summed E-state index contributed by atoms with van der Waals surface area (Å²) in [7, 11) is 0. The van der Waals surface area contributed by atoms with Crippen molar-refractivity contribution in [1.82, 2.24) is 4.98 Å². The number of anilines is 1. The molecule has 0 spiro atoms. The molecule has 106 valence electrons. The molecule has 0 amide bonds. The number of pyridine rings is 1. The van der Waals surface area contributed by atoms with Gasteiger partial charge in [0.15, 0.2) is 0 Å². The van der Waals surface area contributed by atoms with Crippen molar-refractivity contribution >= 4 is 17.4 Å². The number of alkyl halides is 3. The van der Waals surface area contributed by atoms with Crippen LogP contribution in [0, 0.1) is 5.92 Å². The number of hydrogen-bond acceptors (Lipinski definition) is 3. The molecule has 2 unspecified atom stereocenters. The van der Waals surface area contributed by atoms with Crippen LogP contribution in [0.1, 0.15) is 18.9 Å². The maximum absolute atomic E-state index is 12.7. The minimum absolute atomic E-state index is 0.0510. The highest BCUT2D eigenvalue weighted by molar-refractivity contribution is 6.29. The van der Waals surface area contributed by atoms with Gasteiger partial charge < -0.3 is 10.0 Å². The fourth-order valence-electron chi connectivity index (χ4n) is 2.20. The molecule has 0 aliphatic carbocycles. The first-order valence-corrected chi connectivity index (χ1v) is 6.33. The molecule has 1 saturated heterocycles. The van der Waals surface area contributed by atoms with E-state index >= 15 is 0 Å². The minimum atomic E-state index is -4.44. The zero-order valence-corrected chi connectivity index (χ0v) is 11.0. The molecule has 0 saturated carbocycles. The van der Waals surface area contributed by atoms with Gasteiger partial charge >= 0.3 is 6.18 Å². The number of aromatic nitrogens is 1. The monoisotopic (exact) mass is 294 g/mol. The third kappa shape index (κ3) is 3.30. The van der Waals surface area contributed by atoms with Crippen LogP contribution in [-0.4, -0.2) is 29.3 Å². The molecule has 2 rings (SSSR count). The normalized spacial score (nSPS) is 21.8. The first kappa shape index (κ1) is 14.4. The Kier molecular flexibility index (Phi) is 3.92. The predicted molar refractivity (Wildman–Crippen MR) is 66.2 cm³/mol. The molecule has 1 aromatic heterocycles. The molecule has 0 bridgehead atoms. The molecule has 0 radical (unpaired) electrons. The van der Waals surface area contributed by atoms with E-state index in [1.807, 2.05) is 0 Å². The van der Waals surface area contributed by atoms with Gasteiger partial charge in [-0.2, -0.15) is 13.2 Å². The molecular formula is C12H14ClF3N2O. The van der Waals surface area contributed by atoms with Crippen LogP contribution in [0.4, 0.5) is 19.0 Å². The van der Waals surface area contributed by atoms with Crippen LogP contribution in [-0.2, 0) is 6.18 Å². The van der Waals surface area contributed by atoms with Crippen molar-refractivity contribution in [3.63, 3.8) is 0 Å². The van der Waals surface area contributed by atoms with Crippen LogP contribution in [0.3, 0.4) is 0 Å². The topological polar surface area (TPSA) is 36.4 Å². The predicted octanol–water partition coefficient (Wildman–Crippen LogP) is 2.96. The van der Waals surface area contributed by atoms with E-state index < -0.39 is 17.8 Å². The van der Waals surface area contributed by atoms with Gasteiger partial charge in [-0.1, -0.05) is 11.6 Å². The molecule has 3 nitrogen and oxygen atoms in total. The number of halogens is 4. The Bertz CT molecular complexity index is 465. The first-order valence-electron chi connectivity index (χ1n) is 5.95. The van der Waals surface area contributed by atoms with Crippen molar-refractivity contribution in [2.75, 3.05) is 18.0 Å². The summed E-state index contributed by atoms with van der Waals surface area (Å²) in [5.74, 6) is 0.262. The molecule has 1 aromatic rings. The highest BCUT2D eigenvalue weighted by atomic mass is 35.5. The second kappa shape index (κ2) is 5.17. The fraction of sp³-hybridized carbons (Fsp3) is 0.583. The molecule has 0 aromatic carbocycles. The summed E-state index contributed by atoms with van der Waals surface area (Å²) in [6.07, 6.45) is -4.19. The smallest absolute Gasteiger partial charge is 0.393 e. The van der Waals surface area contributed by atoms with Crippen molar-refractivity contribution in [3.8, 4) is 0 Å². The lowest BCUT2D eigenvalue weighted by atomic mass is 10.0. The number of aliphatic hydroxyl groups is 1. The average Bonchev–Trinajstić information content (AvgIpc) is 2.76. The molecular weight excluding hydrogens is 281 g/mol. The van der Waals surface area contributed by atoms with E-state index in [9.17, 15) is 18.3 Å². The van der Waals surface area contributed by atoms with Crippen LogP contribution in [0.25, 0.3) is 0 Å². The lowest BCUT2D eigenvalue weighted by Crippen LogP contribution is -2.25. The number of rotatable bonds is 2. The van der Waals surface area contributed by atoms with Crippen LogP contribution >= 0.6 is 11.6 Å². The lowest BCUT2D eigenvalue weighted by Gasteiger charge is -2.20. The summed E-state index contributed by atoms with van der Waals surface area (Å²) >= 11 is 5.65. The van der Waals surface area contributed by atoms with E-state index in [4.69, 9.17) is 11.6 Å². The Labute approximate surface area is 114 Å². The highest BCUT2D eigenvalue weighted by Crippen LogP contribution is 2.34. The molecule has 1 aliphatic rings. The maximum Gasteiger partial charge on any atom is 0.416 e. The Balaban J connectivity index is 2.24. The molecule has 7 heteroatoms. The Hall–Kier alpha value is -1.01. The summed E-state index contributed by atoms with van der Waals surface area (Å²) in [4.78, 5) is 5.65. The Morgan fingerprint density at radius 2 is 2.16 bits per heavy atom. The van der Waals surface area contributed by atoms with Crippen LogP contribution in [0.15, 0.2) is 12.1 Å². The highest BCUT2D eigenvalue weighted by Gasteiger charge is 2.33. The van der Waals surface area contributed by atoms with E-state index in [1.165, 1.54) is 0 Å². The van der Waals surface area contributed by atoms with Gasteiger partial charge in [0.25, 0.3) is 0 Å². The van der Waals surface area contributed by atoms with Gasteiger partial charge in [-0.15, -0.1) is 0 Å². The van der Waals surface area contributed by atoms with E-state index in [2.05, 4.69) is 4.98 Å². The Morgan fingerprint density at radius 1 is 1.47 bits per heavy atom. The largest absolute Gasteiger partial charge is 0.416 e. The van der Waals surface area contributed by atoms with Gasteiger partial charge in [0.1, 0.15) is 11.0 Å². The molecule has 1 aliphatic heterocycles. The van der Waals surface area contributed by atoms with Crippen LogP contribution in [0.5, 0.6) is 0 Å². The summed E-state index contributed by atoms with van der Waals surface area (Å²) < 4.78 is 38.1. The second-order valence-electron chi connectivity index (χ2n) is 4.77. The Morgan fingerprint density at radius 3 is 2.68 bits per heavy atom. The molecule has 19 heavy (non-hydrogen) atoms. The molecule has 2 heterocycles. The number of aliphatic hydroxyl groups excluding tert-OH is 1. The van der Waals surface area contributed by atoms with Gasteiger partial charge in [-0.25, -0.2) is 4.98 Å². The summed E-state index contributed by atoms with van der Waals surface area (Å²) in [5, 5.41) is 9.33. The average molecular weight is 295 g/mol. The fourth-order valence-corrected chi connectivity index (χ4v) is 2.40. The quantitative estimate of drug-likeness (QED) is 0.852. The van der Waals surface area contributed by atoms with Crippen LogP contribution < -0.4 is 4.90 Å². The SMILES string of the molecule is CC(O)C1CCN(c2cc(C(F)(F)F)cc(Cl)n2)C1. The third-order valence-corrected chi connectivity index (χ3v) is 3.53. The van der Waals surface area contributed by atoms with Gasteiger partial charge in [0, 0.05) is 19.0 Å². The number of nitrogens with zero attached hydrogens (tertiary/aromatic N) is 2. The zero-order chi connectivity index (χ0) is 14.2. The summed E-state index contributed by atoms with van der Waals surface area (Å²) in [6.45, 7) is 2.74. The van der Waals surface area contributed by atoms with Gasteiger partial charge in [-0.05, 0) is 25.5 Å². The minimum Gasteiger partial charge on any atom is -0.393 e. The van der Waals surface area contributed by atoms with E-state index in [0.717, 1.165) is 18.6 Å². The summed E-state index contributed by atoms with van der Waals surface area (Å²) in [6, 6.07) is 1.81. The van der Waals surface area contributed by atoms with Gasteiger partial charge in [-0.3, -0.25) is 0 Å². The van der Waals surface area contributed by atoms with Gasteiger partial charge in [0.2, 0.25) is 0 Å². The van der Waals surface area contributed by atoms with Crippen molar-refractivity contribution in [3.05, 3.63) is 22.8 Å². The first-order chi connectivity index (χ1) is 8.77. The van der Waals surface area contributed by atoms with Gasteiger partial charge in [0.05, 0.1) is 11.7 Å². The van der Waals surface area contributed by atoms with Crippen LogP contribution in [0.2, 0.25) is 5.15 Å². The van der Waals surface area contributed by atoms with E-state index in [1.54, 1.807) is 11.8 Å². The van der Waals surface area contributed by atoms with E-state index in [-0.39, 0.29) is 16.9 Å². The van der Waals surface area contributed by atoms with Crippen molar-refractivity contribution in [2.45, 2.75) is 25.6 Å². The van der Waals surface area contributed by atoms with Crippen molar-refractivity contribution in [1.29, 1.82) is 0 Å². The maximum atomic E-state index is 12.7.